The van der Waals surface area contributed by atoms with E-state index in [1.165, 1.54) is 23.1 Å². The average molecular weight is 500 g/mol. The number of amides is 1. The van der Waals surface area contributed by atoms with Gasteiger partial charge in [-0.25, -0.2) is 0 Å². The molecule has 1 amide bonds. The molecule has 2 aromatic heterocycles. The number of anilines is 1. The molecule has 0 fully saturated rings. The van der Waals surface area contributed by atoms with Gasteiger partial charge in [-0.2, -0.15) is 0 Å². The first-order valence-electron chi connectivity index (χ1n) is 9.65. The van der Waals surface area contributed by atoms with E-state index >= 15 is 0 Å². The molecule has 5 aromatic rings. The van der Waals surface area contributed by atoms with Gasteiger partial charge in [0.25, 0.3) is 0 Å². The predicted molar refractivity (Wildman–Crippen MR) is 132 cm³/mol. The largest absolute Gasteiger partial charge is 0.464 e. The van der Waals surface area contributed by atoms with Gasteiger partial charge in [0.15, 0.2) is 4.34 Å². The van der Waals surface area contributed by atoms with Crippen LogP contribution in [0.1, 0.15) is 11.1 Å². The van der Waals surface area contributed by atoms with Crippen LogP contribution in [-0.4, -0.2) is 16.1 Å². The van der Waals surface area contributed by atoms with Crippen LogP contribution in [0.15, 0.2) is 69.6 Å². The van der Waals surface area contributed by atoms with E-state index in [0.717, 1.165) is 37.2 Å². The minimum Gasteiger partial charge on any atom is -0.464 e. The van der Waals surface area contributed by atoms with Crippen LogP contribution < -0.4 is 5.32 Å². The maximum Gasteiger partial charge on any atom is 0.230 e. The summed E-state index contributed by atoms with van der Waals surface area (Å²) < 4.78 is 6.39. The Kier molecular flexibility index (Phi) is 6.06. The number of rotatable bonds is 6. The quantitative estimate of drug-likeness (QED) is 0.197. The number of hydrogen-bond acceptors (Lipinski definition) is 6. The number of benzene rings is 3. The molecule has 0 bridgehead atoms. The molecule has 5 rings (SSSR count). The summed E-state index contributed by atoms with van der Waals surface area (Å²) in [5.41, 5.74) is 2.45. The summed E-state index contributed by atoms with van der Waals surface area (Å²) in [5.74, 6) is 0.386. The molecule has 3 aromatic carbocycles. The number of nitrogens with one attached hydrogen (secondary N) is 1. The molecule has 2 heterocycles. The molecule has 9 heteroatoms. The highest BCUT2D eigenvalue weighted by molar-refractivity contribution is 8.00. The van der Waals surface area contributed by atoms with Gasteiger partial charge in [-0.1, -0.05) is 82.7 Å². The number of fused-ring (bicyclic) bond motifs is 3. The zero-order valence-corrected chi connectivity index (χ0v) is 19.6. The molecule has 0 radical (unpaired) electrons. The molecule has 32 heavy (non-hydrogen) atoms. The van der Waals surface area contributed by atoms with Crippen LogP contribution >= 0.6 is 46.3 Å². The Labute approximate surface area is 201 Å². The summed E-state index contributed by atoms with van der Waals surface area (Å²) in [6.45, 7) is 0. The standard InChI is InChI=1S/C23H15Cl2N3O2S2/c24-17-6-3-7-18(25)16(17)12-31-23-28-27-22(32-23)26-20(29)10-14-11-30-19-9-8-13-4-1-2-5-15(13)21(14)19/h1-9,11H,10,12H2,(H,26,27,29). The predicted octanol–water partition coefficient (Wildman–Crippen LogP) is 7.22. The van der Waals surface area contributed by atoms with Crippen LogP contribution in [0, 0.1) is 0 Å². The molecular weight excluding hydrogens is 485 g/mol. The Bertz CT molecular complexity index is 1430. The van der Waals surface area contributed by atoms with Crippen molar-refractivity contribution in [2.75, 3.05) is 5.32 Å². The first-order chi connectivity index (χ1) is 15.6. The third-order valence-electron chi connectivity index (χ3n) is 4.95. The summed E-state index contributed by atoms with van der Waals surface area (Å²) in [7, 11) is 0. The Balaban J connectivity index is 1.27. The number of furan rings is 1. The zero-order chi connectivity index (χ0) is 22.1. The highest BCUT2D eigenvalue weighted by Gasteiger charge is 2.15. The van der Waals surface area contributed by atoms with E-state index in [4.69, 9.17) is 27.6 Å². The zero-order valence-electron chi connectivity index (χ0n) is 16.5. The second-order valence-electron chi connectivity index (χ2n) is 7.01. The Morgan fingerprint density at radius 1 is 1.03 bits per heavy atom. The minimum atomic E-state index is -0.178. The number of aromatic nitrogens is 2. The fourth-order valence-corrected chi connectivity index (χ4v) is 5.97. The number of thioether (sulfide) groups is 1. The first kappa shape index (κ1) is 21.3. The second-order valence-corrected chi connectivity index (χ2v) is 10.0. The summed E-state index contributed by atoms with van der Waals surface area (Å²) in [4.78, 5) is 12.7. The lowest BCUT2D eigenvalue weighted by Gasteiger charge is -2.04. The van der Waals surface area contributed by atoms with E-state index in [0.29, 0.717) is 20.9 Å². The van der Waals surface area contributed by atoms with Gasteiger partial charge in [0, 0.05) is 26.7 Å². The van der Waals surface area contributed by atoms with Gasteiger partial charge in [0.05, 0.1) is 12.7 Å². The lowest BCUT2D eigenvalue weighted by molar-refractivity contribution is -0.115. The monoisotopic (exact) mass is 499 g/mol. The van der Waals surface area contributed by atoms with E-state index in [2.05, 4.69) is 15.5 Å². The number of nitrogens with zero attached hydrogens (tertiary/aromatic N) is 2. The molecule has 0 aliphatic heterocycles. The van der Waals surface area contributed by atoms with E-state index < -0.39 is 0 Å². The van der Waals surface area contributed by atoms with Crippen molar-refractivity contribution in [2.24, 2.45) is 0 Å². The number of hydrogen-bond donors (Lipinski definition) is 1. The second kappa shape index (κ2) is 9.11. The van der Waals surface area contributed by atoms with Crippen molar-refractivity contribution in [3.63, 3.8) is 0 Å². The molecule has 0 saturated heterocycles. The topological polar surface area (TPSA) is 68.0 Å². The average Bonchev–Trinajstić information content (AvgIpc) is 3.40. The van der Waals surface area contributed by atoms with Crippen LogP contribution in [0.3, 0.4) is 0 Å². The van der Waals surface area contributed by atoms with Crippen molar-refractivity contribution in [1.29, 1.82) is 0 Å². The first-order valence-corrected chi connectivity index (χ1v) is 12.2. The van der Waals surface area contributed by atoms with Crippen molar-refractivity contribution in [2.45, 2.75) is 16.5 Å². The van der Waals surface area contributed by atoms with Crippen molar-refractivity contribution in [3.8, 4) is 0 Å². The molecular formula is C23H15Cl2N3O2S2. The number of carbonyl (C=O) groups is 1. The molecule has 0 spiro atoms. The summed E-state index contributed by atoms with van der Waals surface area (Å²) in [5, 5.41) is 15.9. The Hall–Kier alpha value is -2.58. The van der Waals surface area contributed by atoms with Gasteiger partial charge < -0.3 is 9.73 Å². The van der Waals surface area contributed by atoms with E-state index in [9.17, 15) is 4.79 Å². The van der Waals surface area contributed by atoms with Crippen molar-refractivity contribution >= 4 is 79.1 Å². The van der Waals surface area contributed by atoms with Crippen LogP contribution in [0.25, 0.3) is 21.7 Å². The smallest absolute Gasteiger partial charge is 0.230 e. The van der Waals surface area contributed by atoms with Gasteiger partial charge in [-0.05, 0) is 34.5 Å². The molecule has 0 saturated carbocycles. The normalized spacial score (nSPS) is 11.3. The fraction of sp³-hybridized carbons (Fsp3) is 0.0870. The van der Waals surface area contributed by atoms with E-state index in [1.54, 1.807) is 18.4 Å². The molecule has 0 atom stereocenters. The highest BCUT2D eigenvalue weighted by Crippen LogP contribution is 2.34. The van der Waals surface area contributed by atoms with Crippen molar-refractivity contribution in [1.82, 2.24) is 10.2 Å². The maximum absolute atomic E-state index is 12.7. The third-order valence-corrected chi connectivity index (χ3v) is 7.65. The van der Waals surface area contributed by atoms with E-state index in [-0.39, 0.29) is 12.3 Å². The lowest BCUT2D eigenvalue weighted by atomic mass is 10.0. The van der Waals surface area contributed by atoms with Gasteiger partial charge in [-0.3, -0.25) is 4.79 Å². The number of halogens is 2. The lowest BCUT2D eigenvalue weighted by Crippen LogP contribution is -2.14. The minimum absolute atomic E-state index is 0.178. The van der Waals surface area contributed by atoms with Crippen LogP contribution in [-0.2, 0) is 17.0 Å². The summed E-state index contributed by atoms with van der Waals surface area (Å²) in [6, 6.07) is 17.4. The van der Waals surface area contributed by atoms with Crippen LogP contribution in [0.5, 0.6) is 0 Å². The van der Waals surface area contributed by atoms with Gasteiger partial charge in [0.2, 0.25) is 11.0 Å². The van der Waals surface area contributed by atoms with Gasteiger partial charge in [-0.15, -0.1) is 10.2 Å². The Morgan fingerprint density at radius 3 is 2.69 bits per heavy atom. The Morgan fingerprint density at radius 2 is 1.84 bits per heavy atom. The van der Waals surface area contributed by atoms with Gasteiger partial charge >= 0.3 is 0 Å². The molecule has 160 valence electrons. The van der Waals surface area contributed by atoms with Gasteiger partial charge in [0.1, 0.15) is 5.58 Å². The maximum atomic E-state index is 12.7. The van der Waals surface area contributed by atoms with Crippen LogP contribution in [0.4, 0.5) is 5.13 Å². The summed E-state index contributed by atoms with van der Waals surface area (Å²) in [6.07, 6.45) is 1.82. The van der Waals surface area contributed by atoms with Crippen LogP contribution in [0.2, 0.25) is 10.0 Å². The summed E-state index contributed by atoms with van der Waals surface area (Å²) >= 11 is 15.2. The number of carbonyl (C=O) groups excluding carboxylic acids is 1. The van der Waals surface area contributed by atoms with E-state index in [1.807, 2.05) is 42.5 Å². The molecule has 1 N–H and O–H groups in total. The molecule has 0 aliphatic rings. The third kappa shape index (κ3) is 4.34. The highest BCUT2D eigenvalue weighted by atomic mass is 35.5. The fourth-order valence-electron chi connectivity index (χ4n) is 3.46. The van der Waals surface area contributed by atoms with Crippen molar-refractivity contribution < 1.29 is 9.21 Å². The molecule has 5 nitrogen and oxygen atoms in total. The molecule has 0 unspecified atom stereocenters. The molecule has 0 aliphatic carbocycles. The SMILES string of the molecule is O=C(Cc1coc2ccc3ccccc3c12)Nc1nnc(SCc2c(Cl)cccc2Cl)s1. The van der Waals surface area contributed by atoms with Crippen molar-refractivity contribution in [3.05, 3.63) is 82.0 Å².